The van der Waals surface area contributed by atoms with Crippen LogP contribution in [0, 0.1) is 0 Å². The van der Waals surface area contributed by atoms with Crippen LogP contribution in [0.15, 0.2) is 24.3 Å². The summed E-state index contributed by atoms with van der Waals surface area (Å²) in [5.41, 5.74) is 3.67. The summed E-state index contributed by atoms with van der Waals surface area (Å²) in [6.45, 7) is 8.58. The van der Waals surface area contributed by atoms with Crippen LogP contribution in [0.4, 0.5) is 0 Å². The summed E-state index contributed by atoms with van der Waals surface area (Å²) in [5, 5.41) is 0. The van der Waals surface area contributed by atoms with Gasteiger partial charge >= 0.3 is 0 Å². The van der Waals surface area contributed by atoms with E-state index in [9.17, 15) is 0 Å². The van der Waals surface area contributed by atoms with Crippen molar-refractivity contribution in [2.45, 2.75) is 52.1 Å². The Labute approximate surface area is 148 Å². The van der Waals surface area contributed by atoms with Gasteiger partial charge in [-0.25, -0.2) is 0 Å². The Bertz CT molecular complexity index is 391. The number of aryl methyl sites for hydroxylation is 1. The number of benzene rings is 1. The monoisotopic (exact) mass is 360 g/mol. The van der Waals surface area contributed by atoms with Gasteiger partial charge in [-0.15, -0.1) is 8.58 Å². The topological polar surface area (TPSA) is 18.5 Å². The van der Waals surface area contributed by atoms with E-state index in [1.807, 2.05) is 13.8 Å². The van der Waals surface area contributed by atoms with Crippen LogP contribution in [0.25, 0.3) is 0 Å². The first kappa shape index (κ1) is 22.9. The average molecular weight is 361 g/mol. The minimum absolute atomic E-state index is 0.749. The van der Waals surface area contributed by atoms with Gasteiger partial charge in [0.1, 0.15) is 0 Å². The van der Waals surface area contributed by atoms with E-state index in [1.165, 1.54) is 24.0 Å². The van der Waals surface area contributed by atoms with Crippen molar-refractivity contribution in [3.63, 3.8) is 0 Å². The second-order valence-corrected chi connectivity index (χ2v) is 9.64. The molecule has 2 atom stereocenters. The molecule has 1 aromatic carbocycles. The van der Waals surface area contributed by atoms with Gasteiger partial charge in [-0.3, -0.25) is 8.37 Å². The molecule has 0 aliphatic carbocycles. The van der Waals surface area contributed by atoms with Crippen molar-refractivity contribution in [1.29, 1.82) is 0 Å². The molecule has 0 fully saturated rings. The molecular formula is C19H37O2PS. The van der Waals surface area contributed by atoms with E-state index in [0.29, 0.717) is 0 Å². The molecular weight excluding hydrogens is 323 g/mol. The van der Waals surface area contributed by atoms with Gasteiger partial charge < -0.3 is 0 Å². The van der Waals surface area contributed by atoms with Gasteiger partial charge in [0, 0.05) is 17.7 Å². The van der Waals surface area contributed by atoms with Crippen molar-refractivity contribution in [2.75, 3.05) is 32.9 Å². The first-order valence-corrected chi connectivity index (χ1v) is 12.4. The van der Waals surface area contributed by atoms with Gasteiger partial charge in [0.2, 0.25) is 0 Å². The standard InChI is InChI=1S/C17H31O2PS.C2H6/c1-6-8-17(20-4)16-12-10-15(11-13-16)9-7-14-21(5,18-2)19-3;1-2/h10-13,17,20H,6-9,14H2,1-5H3;1-2H3. The molecule has 1 aromatic rings. The van der Waals surface area contributed by atoms with Crippen LogP contribution in [-0.2, 0) is 14.8 Å². The van der Waals surface area contributed by atoms with E-state index in [2.05, 4.69) is 44.1 Å². The van der Waals surface area contributed by atoms with Crippen LogP contribution in [0.5, 0.6) is 0 Å². The van der Waals surface area contributed by atoms with Gasteiger partial charge in [0.25, 0.3) is 0 Å². The van der Waals surface area contributed by atoms with E-state index in [1.54, 1.807) is 14.2 Å². The van der Waals surface area contributed by atoms with Crippen molar-refractivity contribution < 1.29 is 8.37 Å². The third-order valence-electron chi connectivity index (χ3n) is 3.99. The predicted molar refractivity (Wildman–Crippen MR) is 110 cm³/mol. The zero-order valence-corrected chi connectivity index (χ0v) is 18.0. The molecule has 0 heterocycles. The molecule has 2 unspecified atom stereocenters. The summed E-state index contributed by atoms with van der Waals surface area (Å²) in [6, 6.07) is 9.24. The Balaban J connectivity index is 0.00000232. The number of hydrogen-bond donors (Lipinski definition) is 0. The molecule has 23 heavy (non-hydrogen) atoms. The SMILES string of the molecule is CC.CCCC(PC)c1ccc(CCCS(C)(OC)OC)cc1. The maximum absolute atomic E-state index is 5.48. The fourth-order valence-electron chi connectivity index (χ4n) is 2.46. The fourth-order valence-corrected chi connectivity index (χ4v) is 4.70. The Morgan fingerprint density at radius 3 is 2.09 bits per heavy atom. The molecule has 0 saturated carbocycles. The maximum atomic E-state index is 5.48. The maximum Gasteiger partial charge on any atom is 0.0603 e. The highest BCUT2D eigenvalue weighted by molar-refractivity contribution is 8.25. The average Bonchev–Trinajstić information content (AvgIpc) is 2.62. The van der Waals surface area contributed by atoms with E-state index in [0.717, 1.165) is 32.8 Å². The van der Waals surface area contributed by atoms with E-state index in [4.69, 9.17) is 8.37 Å². The lowest BCUT2D eigenvalue weighted by Crippen LogP contribution is -2.08. The lowest BCUT2D eigenvalue weighted by Gasteiger charge is -2.36. The number of rotatable bonds is 10. The van der Waals surface area contributed by atoms with Crippen molar-refractivity contribution in [1.82, 2.24) is 0 Å². The van der Waals surface area contributed by atoms with Gasteiger partial charge in [-0.1, -0.05) is 51.5 Å². The van der Waals surface area contributed by atoms with Crippen LogP contribution in [0.3, 0.4) is 0 Å². The highest BCUT2D eigenvalue weighted by Crippen LogP contribution is 2.45. The second kappa shape index (κ2) is 13.2. The second-order valence-electron chi connectivity index (χ2n) is 5.44. The summed E-state index contributed by atoms with van der Waals surface area (Å²) in [7, 11) is 3.16. The van der Waals surface area contributed by atoms with Gasteiger partial charge in [0.15, 0.2) is 0 Å². The minimum atomic E-state index is -1.32. The minimum Gasteiger partial charge on any atom is -0.288 e. The van der Waals surface area contributed by atoms with Gasteiger partial charge in [0.05, 0.1) is 14.2 Å². The summed E-state index contributed by atoms with van der Waals surface area (Å²) in [4.78, 5) is 0. The van der Waals surface area contributed by atoms with Crippen LogP contribution in [0.1, 0.15) is 56.8 Å². The van der Waals surface area contributed by atoms with Crippen molar-refractivity contribution >= 4 is 19.2 Å². The van der Waals surface area contributed by atoms with E-state index < -0.39 is 10.6 Å². The van der Waals surface area contributed by atoms with Crippen LogP contribution >= 0.6 is 19.2 Å². The Morgan fingerprint density at radius 2 is 1.65 bits per heavy atom. The Hall–Kier alpha value is -0.0800. The molecule has 0 aliphatic heterocycles. The zero-order chi connectivity index (χ0) is 17.7. The van der Waals surface area contributed by atoms with Crippen LogP contribution in [-0.4, -0.2) is 32.9 Å². The first-order chi connectivity index (χ1) is 11.1. The van der Waals surface area contributed by atoms with E-state index >= 15 is 0 Å². The largest absolute Gasteiger partial charge is 0.288 e. The molecule has 4 heteroatoms. The fraction of sp³-hybridized carbons (Fsp3) is 0.684. The third-order valence-corrected chi connectivity index (χ3v) is 7.75. The lowest BCUT2D eigenvalue weighted by atomic mass is 10.0. The van der Waals surface area contributed by atoms with E-state index in [-0.39, 0.29) is 0 Å². The Kier molecular flexibility index (Phi) is 13.2. The summed E-state index contributed by atoms with van der Waals surface area (Å²) in [6.07, 6.45) is 6.86. The predicted octanol–water partition coefficient (Wildman–Crippen LogP) is 6.35. The Morgan fingerprint density at radius 1 is 1.09 bits per heavy atom. The van der Waals surface area contributed by atoms with Gasteiger partial charge in [-0.05, 0) is 37.1 Å². The zero-order valence-electron chi connectivity index (χ0n) is 16.1. The molecule has 2 nitrogen and oxygen atoms in total. The molecule has 0 radical (unpaired) electrons. The molecule has 0 N–H and O–H groups in total. The first-order valence-electron chi connectivity index (χ1n) is 8.71. The third kappa shape index (κ3) is 8.54. The lowest BCUT2D eigenvalue weighted by molar-refractivity contribution is 0.350. The van der Waals surface area contributed by atoms with Crippen molar-refractivity contribution in [3.05, 3.63) is 35.4 Å². The van der Waals surface area contributed by atoms with Crippen molar-refractivity contribution in [3.8, 4) is 0 Å². The summed E-state index contributed by atoms with van der Waals surface area (Å²) in [5.74, 6) is 0.997. The molecule has 136 valence electrons. The quantitative estimate of drug-likeness (QED) is 0.452. The molecule has 0 spiro atoms. The molecule has 0 aliphatic rings. The normalized spacial score (nSPS) is 13.7. The van der Waals surface area contributed by atoms with Crippen LogP contribution < -0.4 is 0 Å². The summed E-state index contributed by atoms with van der Waals surface area (Å²) >= 11 is 0. The van der Waals surface area contributed by atoms with Crippen molar-refractivity contribution in [2.24, 2.45) is 0 Å². The van der Waals surface area contributed by atoms with Crippen LogP contribution in [0.2, 0.25) is 0 Å². The molecule has 0 bridgehead atoms. The molecule has 0 amide bonds. The molecule has 0 aromatic heterocycles. The van der Waals surface area contributed by atoms with Gasteiger partial charge in [-0.2, -0.15) is 10.6 Å². The highest BCUT2D eigenvalue weighted by atomic mass is 32.3. The molecule has 0 saturated heterocycles. The molecule has 1 rings (SSSR count). The highest BCUT2D eigenvalue weighted by Gasteiger charge is 2.11. The number of hydrogen-bond acceptors (Lipinski definition) is 2. The smallest absolute Gasteiger partial charge is 0.0603 e. The summed E-state index contributed by atoms with van der Waals surface area (Å²) < 4.78 is 11.0.